The maximum absolute atomic E-state index is 6.08. The lowest BCUT2D eigenvalue weighted by atomic mass is 10.4. The molecule has 0 aliphatic carbocycles. The van der Waals surface area contributed by atoms with Crippen LogP contribution in [0, 0.1) is 3.57 Å². The van der Waals surface area contributed by atoms with Gasteiger partial charge in [0.25, 0.3) is 0 Å². The van der Waals surface area contributed by atoms with Crippen molar-refractivity contribution in [2.45, 2.75) is 9.79 Å². The average molecular weight is 426 g/mol. The second-order valence-electron chi connectivity index (χ2n) is 3.13. The van der Waals surface area contributed by atoms with Crippen LogP contribution in [0.2, 0.25) is 5.02 Å². The fraction of sp³-hybridized carbons (Fsp3) is 0. The molecular formula is C12H7BrClIS. The summed E-state index contributed by atoms with van der Waals surface area (Å²) in [4.78, 5) is 2.37. The molecular weight excluding hydrogens is 418 g/mol. The summed E-state index contributed by atoms with van der Waals surface area (Å²) < 4.78 is 2.18. The predicted octanol–water partition coefficient (Wildman–Crippen LogP) is 5.86. The van der Waals surface area contributed by atoms with Gasteiger partial charge in [-0.25, -0.2) is 0 Å². The molecule has 2 aromatic rings. The molecule has 4 heteroatoms. The highest BCUT2D eigenvalue weighted by molar-refractivity contribution is 14.1. The summed E-state index contributed by atoms with van der Waals surface area (Å²) >= 11 is 13.4. The van der Waals surface area contributed by atoms with Gasteiger partial charge in [-0.15, -0.1) is 0 Å². The Morgan fingerprint density at radius 1 is 1.00 bits per heavy atom. The maximum Gasteiger partial charge on any atom is 0.0550 e. The summed E-state index contributed by atoms with van der Waals surface area (Å²) in [5, 5.41) is 0.808. The van der Waals surface area contributed by atoms with E-state index in [0.29, 0.717) is 0 Å². The van der Waals surface area contributed by atoms with E-state index in [0.717, 1.165) is 18.0 Å². The molecule has 0 saturated heterocycles. The SMILES string of the molecule is Clc1cc(Sc2ccc(Br)cc2)ccc1I. The van der Waals surface area contributed by atoms with Gasteiger partial charge < -0.3 is 0 Å². The van der Waals surface area contributed by atoms with Crippen LogP contribution in [0.4, 0.5) is 0 Å². The van der Waals surface area contributed by atoms with Crippen LogP contribution in [-0.2, 0) is 0 Å². The first-order valence-corrected chi connectivity index (χ1v) is 7.60. The monoisotopic (exact) mass is 424 g/mol. The second-order valence-corrected chi connectivity index (χ2v) is 6.76. The Hall–Kier alpha value is 0.290. The van der Waals surface area contributed by atoms with Crippen LogP contribution < -0.4 is 0 Å². The molecule has 0 amide bonds. The van der Waals surface area contributed by atoms with Gasteiger partial charge in [0.15, 0.2) is 0 Å². The van der Waals surface area contributed by atoms with Crippen molar-refractivity contribution in [2.24, 2.45) is 0 Å². The van der Waals surface area contributed by atoms with Gasteiger partial charge in [0.2, 0.25) is 0 Å². The molecule has 0 N–H and O–H groups in total. The van der Waals surface area contributed by atoms with Crippen LogP contribution in [0.25, 0.3) is 0 Å². The van der Waals surface area contributed by atoms with Crippen LogP contribution in [-0.4, -0.2) is 0 Å². The zero-order chi connectivity index (χ0) is 11.5. The molecule has 0 unspecified atom stereocenters. The summed E-state index contributed by atoms with van der Waals surface area (Å²) in [6.07, 6.45) is 0. The molecule has 82 valence electrons. The molecule has 0 spiro atoms. The minimum atomic E-state index is 0.808. The first-order chi connectivity index (χ1) is 7.65. The number of rotatable bonds is 2. The van der Waals surface area contributed by atoms with Crippen molar-refractivity contribution in [1.29, 1.82) is 0 Å². The van der Waals surface area contributed by atoms with Gasteiger partial charge in [0.1, 0.15) is 0 Å². The van der Waals surface area contributed by atoms with Crippen LogP contribution >= 0.6 is 61.9 Å². The van der Waals surface area contributed by atoms with E-state index in [1.165, 1.54) is 4.90 Å². The van der Waals surface area contributed by atoms with E-state index < -0.39 is 0 Å². The van der Waals surface area contributed by atoms with Crippen LogP contribution in [0.1, 0.15) is 0 Å². The van der Waals surface area contributed by atoms with Gasteiger partial charge in [-0.3, -0.25) is 0 Å². The van der Waals surface area contributed by atoms with Gasteiger partial charge in [0, 0.05) is 17.8 Å². The molecule has 0 radical (unpaired) electrons. The number of hydrogen-bond acceptors (Lipinski definition) is 1. The molecule has 0 aromatic heterocycles. The maximum atomic E-state index is 6.08. The largest absolute Gasteiger partial charge is 0.0900 e. The van der Waals surface area contributed by atoms with Crippen molar-refractivity contribution < 1.29 is 0 Å². The van der Waals surface area contributed by atoms with Crippen LogP contribution in [0.15, 0.2) is 56.7 Å². The lowest BCUT2D eigenvalue weighted by Gasteiger charge is -2.03. The van der Waals surface area contributed by atoms with Crippen molar-refractivity contribution in [3.05, 3.63) is 55.5 Å². The highest BCUT2D eigenvalue weighted by atomic mass is 127. The number of halogens is 3. The van der Waals surface area contributed by atoms with Crippen molar-refractivity contribution in [3.63, 3.8) is 0 Å². The van der Waals surface area contributed by atoms with Gasteiger partial charge in [0.05, 0.1) is 5.02 Å². The van der Waals surface area contributed by atoms with E-state index in [1.807, 2.05) is 24.3 Å². The van der Waals surface area contributed by atoms with Crippen LogP contribution in [0.5, 0.6) is 0 Å². The third kappa shape index (κ3) is 3.39. The molecule has 0 atom stereocenters. The fourth-order valence-electron chi connectivity index (χ4n) is 1.18. The lowest BCUT2D eigenvalue weighted by Crippen LogP contribution is -1.77. The number of hydrogen-bond donors (Lipinski definition) is 0. The molecule has 2 rings (SSSR count). The minimum Gasteiger partial charge on any atom is -0.0900 e. The van der Waals surface area contributed by atoms with E-state index in [2.05, 4.69) is 56.7 Å². The highest BCUT2D eigenvalue weighted by Gasteiger charge is 2.01. The first-order valence-electron chi connectivity index (χ1n) is 4.53. The van der Waals surface area contributed by atoms with Gasteiger partial charge in [-0.05, 0) is 65.1 Å². The molecule has 0 aliphatic heterocycles. The third-order valence-corrected chi connectivity index (χ3v) is 5.04. The minimum absolute atomic E-state index is 0.808. The summed E-state index contributed by atoms with van der Waals surface area (Å²) in [6, 6.07) is 14.4. The molecule has 2 aromatic carbocycles. The summed E-state index contributed by atoms with van der Waals surface area (Å²) in [7, 11) is 0. The standard InChI is InChI=1S/C12H7BrClIS/c13-8-1-3-9(4-2-8)16-10-5-6-12(15)11(14)7-10/h1-7H. The average Bonchev–Trinajstić information content (AvgIpc) is 2.27. The third-order valence-electron chi connectivity index (χ3n) is 1.94. The van der Waals surface area contributed by atoms with Crippen molar-refractivity contribution in [1.82, 2.24) is 0 Å². The Bertz CT molecular complexity index is 499. The molecule has 0 heterocycles. The van der Waals surface area contributed by atoms with Gasteiger partial charge >= 0.3 is 0 Å². The zero-order valence-corrected chi connectivity index (χ0v) is 13.4. The van der Waals surface area contributed by atoms with E-state index >= 15 is 0 Å². The highest BCUT2D eigenvalue weighted by Crippen LogP contribution is 2.31. The predicted molar refractivity (Wildman–Crippen MR) is 82.4 cm³/mol. The number of benzene rings is 2. The Labute approximate surface area is 126 Å². The quantitative estimate of drug-likeness (QED) is 0.543. The topological polar surface area (TPSA) is 0 Å². The summed E-state index contributed by atoms with van der Waals surface area (Å²) in [5.74, 6) is 0. The van der Waals surface area contributed by atoms with Crippen molar-refractivity contribution in [3.8, 4) is 0 Å². The first kappa shape index (κ1) is 12.7. The summed E-state index contributed by atoms with van der Waals surface area (Å²) in [6.45, 7) is 0. The van der Waals surface area contributed by atoms with E-state index in [1.54, 1.807) is 11.8 Å². The zero-order valence-electron chi connectivity index (χ0n) is 8.08. The van der Waals surface area contributed by atoms with Gasteiger partial charge in [-0.2, -0.15) is 0 Å². The Morgan fingerprint density at radius 3 is 2.25 bits per heavy atom. The molecule has 0 bridgehead atoms. The summed E-state index contributed by atoms with van der Waals surface area (Å²) in [5.41, 5.74) is 0. The van der Waals surface area contributed by atoms with Crippen molar-refractivity contribution in [2.75, 3.05) is 0 Å². The second kappa shape index (κ2) is 5.76. The molecule has 0 saturated carbocycles. The smallest absolute Gasteiger partial charge is 0.0550 e. The Morgan fingerprint density at radius 2 is 1.62 bits per heavy atom. The van der Waals surface area contributed by atoms with Gasteiger partial charge in [-0.1, -0.05) is 39.3 Å². The van der Waals surface area contributed by atoms with Crippen LogP contribution in [0.3, 0.4) is 0 Å². The fourth-order valence-corrected chi connectivity index (χ4v) is 2.88. The van der Waals surface area contributed by atoms with E-state index in [9.17, 15) is 0 Å². The normalized spacial score (nSPS) is 10.4. The molecule has 0 nitrogen and oxygen atoms in total. The molecule has 16 heavy (non-hydrogen) atoms. The van der Waals surface area contributed by atoms with E-state index in [4.69, 9.17) is 11.6 Å². The lowest BCUT2D eigenvalue weighted by molar-refractivity contribution is 1.39. The molecule has 0 fully saturated rings. The van der Waals surface area contributed by atoms with Crippen molar-refractivity contribution >= 4 is 61.9 Å². The Kier molecular flexibility index (Phi) is 4.58. The Balaban J connectivity index is 2.20. The molecule has 0 aliphatic rings. The van der Waals surface area contributed by atoms with E-state index in [-0.39, 0.29) is 0 Å².